The maximum atomic E-state index is 12.4. The summed E-state index contributed by atoms with van der Waals surface area (Å²) in [5, 5.41) is 12.1. The zero-order chi connectivity index (χ0) is 21.6. The van der Waals surface area contributed by atoms with Gasteiger partial charge in [-0.2, -0.15) is 4.72 Å². The van der Waals surface area contributed by atoms with Crippen LogP contribution in [0.1, 0.15) is 24.2 Å². The van der Waals surface area contributed by atoms with Crippen molar-refractivity contribution in [2.75, 3.05) is 5.32 Å². The van der Waals surface area contributed by atoms with E-state index in [1.54, 1.807) is 0 Å². The third kappa shape index (κ3) is 6.02. The van der Waals surface area contributed by atoms with Gasteiger partial charge in [-0.15, -0.1) is 0 Å². The number of hydrogen-bond acceptors (Lipinski definition) is 6. The highest BCUT2D eigenvalue weighted by Gasteiger charge is 2.22. The van der Waals surface area contributed by atoms with Crippen LogP contribution < -0.4 is 20.9 Å². The Labute approximate surface area is 167 Å². The van der Waals surface area contributed by atoms with E-state index in [1.165, 1.54) is 62.4 Å². The van der Waals surface area contributed by atoms with Crippen LogP contribution in [0.2, 0.25) is 0 Å². The Morgan fingerprint density at radius 2 is 1.59 bits per heavy atom. The number of phenols is 1. The number of anilines is 1. The molecule has 0 aliphatic heterocycles. The van der Waals surface area contributed by atoms with Gasteiger partial charge in [0.2, 0.25) is 15.9 Å². The van der Waals surface area contributed by atoms with Crippen molar-refractivity contribution < 1.29 is 27.9 Å². The first-order valence-corrected chi connectivity index (χ1v) is 9.86. The van der Waals surface area contributed by atoms with Crippen molar-refractivity contribution in [3.05, 3.63) is 54.1 Å². The summed E-state index contributed by atoms with van der Waals surface area (Å²) in [5.74, 6) is -2.14. The smallest absolute Gasteiger partial charge is 0.273 e. The van der Waals surface area contributed by atoms with Crippen molar-refractivity contribution in [1.29, 1.82) is 0 Å². The molecule has 0 fully saturated rings. The van der Waals surface area contributed by atoms with Gasteiger partial charge in [0.15, 0.2) is 0 Å². The number of amides is 3. The molecule has 3 amide bonds. The van der Waals surface area contributed by atoms with Crippen LogP contribution in [0.4, 0.5) is 5.69 Å². The predicted octanol–water partition coefficient (Wildman–Crippen LogP) is 0.479. The Hall–Kier alpha value is -3.44. The lowest BCUT2D eigenvalue weighted by molar-refractivity contribution is -0.123. The molecule has 10 nitrogen and oxygen atoms in total. The number of hydrazine groups is 1. The Bertz CT molecular complexity index is 1020. The van der Waals surface area contributed by atoms with Crippen LogP contribution in [0.3, 0.4) is 0 Å². The van der Waals surface area contributed by atoms with Crippen LogP contribution >= 0.6 is 0 Å². The Morgan fingerprint density at radius 1 is 0.966 bits per heavy atom. The first-order valence-electron chi connectivity index (χ1n) is 8.38. The maximum Gasteiger partial charge on any atom is 0.273 e. The minimum absolute atomic E-state index is 0.0553. The van der Waals surface area contributed by atoms with Gasteiger partial charge in [0.1, 0.15) is 5.75 Å². The molecule has 0 spiro atoms. The first kappa shape index (κ1) is 21.9. The van der Waals surface area contributed by atoms with Crippen molar-refractivity contribution >= 4 is 33.4 Å². The van der Waals surface area contributed by atoms with Crippen molar-refractivity contribution in [2.24, 2.45) is 0 Å². The number of para-hydroxylation sites is 1. The third-order valence-electron chi connectivity index (χ3n) is 3.66. The second-order valence-corrected chi connectivity index (χ2v) is 7.72. The van der Waals surface area contributed by atoms with Crippen molar-refractivity contribution in [2.45, 2.75) is 24.8 Å². The Balaban J connectivity index is 1.96. The average Bonchev–Trinajstić information content (AvgIpc) is 2.65. The first-order chi connectivity index (χ1) is 13.6. The lowest BCUT2D eigenvalue weighted by Gasteiger charge is -2.15. The molecule has 29 heavy (non-hydrogen) atoms. The van der Waals surface area contributed by atoms with Crippen LogP contribution in [-0.4, -0.2) is 37.3 Å². The molecule has 0 bridgehead atoms. The summed E-state index contributed by atoms with van der Waals surface area (Å²) in [7, 11) is -4.02. The molecule has 0 radical (unpaired) electrons. The largest absolute Gasteiger partial charge is 0.507 e. The standard InChI is InChI=1S/C18H20N4O6S/c1-11(17(25)20-21-18(26)15-5-3-4-6-16(15)24)22-29(27,28)14-9-7-13(8-10-14)19-12(2)23/h3-11,22,24H,1-2H3,(H,19,23)(H,20,25)(H,21,26)/t11-/m0/s1. The third-order valence-corrected chi connectivity index (χ3v) is 5.21. The van der Waals surface area contributed by atoms with E-state index in [0.717, 1.165) is 0 Å². The van der Waals surface area contributed by atoms with E-state index in [4.69, 9.17) is 0 Å². The van der Waals surface area contributed by atoms with E-state index in [9.17, 15) is 27.9 Å². The minimum atomic E-state index is -4.02. The molecule has 0 heterocycles. The molecule has 2 aromatic rings. The van der Waals surface area contributed by atoms with Crippen LogP contribution in [0, 0.1) is 0 Å². The van der Waals surface area contributed by atoms with E-state index in [1.807, 2.05) is 0 Å². The van der Waals surface area contributed by atoms with Gasteiger partial charge in [-0.25, -0.2) is 8.42 Å². The van der Waals surface area contributed by atoms with Crippen LogP contribution in [0.25, 0.3) is 0 Å². The van der Waals surface area contributed by atoms with E-state index in [-0.39, 0.29) is 22.1 Å². The summed E-state index contributed by atoms with van der Waals surface area (Å²) in [4.78, 5) is 34.9. The zero-order valence-corrected chi connectivity index (χ0v) is 16.4. The highest BCUT2D eigenvalue weighted by atomic mass is 32.2. The second kappa shape index (κ2) is 9.17. The van der Waals surface area contributed by atoms with Gasteiger partial charge in [-0.05, 0) is 43.3 Å². The summed E-state index contributed by atoms with van der Waals surface area (Å²) < 4.78 is 27.0. The van der Waals surface area contributed by atoms with E-state index in [2.05, 4.69) is 20.9 Å². The van der Waals surface area contributed by atoms with E-state index < -0.39 is 27.9 Å². The molecule has 11 heteroatoms. The molecular weight excluding hydrogens is 400 g/mol. The molecule has 0 saturated carbocycles. The normalized spacial score (nSPS) is 11.9. The number of nitrogens with one attached hydrogen (secondary N) is 4. The number of rotatable bonds is 6. The number of phenolic OH excluding ortho intramolecular Hbond substituents is 1. The summed E-state index contributed by atoms with van der Waals surface area (Å²) >= 11 is 0. The number of sulfonamides is 1. The molecule has 154 valence electrons. The highest BCUT2D eigenvalue weighted by molar-refractivity contribution is 7.89. The lowest BCUT2D eigenvalue weighted by atomic mass is 10.2. The number of benzene rings is 2. The fraction of sp³-hybridized carbons (Fsp3) is 0.167. The average molecular weight is 420 g/mol. The number of aromatic hydroxyl groups is 1. The van der Waals surface area contributed by atoms with Crippen molar-refractivity contribution in [3.63, 3.8) is 0 Å². The molecule has 5 N–H and O–H groups in total. The topological polar surface area (TPSA) is 154 Å². The molecule has 0 aromatic heterocycles. The fourth-order valence-electron chi connectivity index (χ4n) is 2.23. The Kier molecular flexibility index (Phi) is 6.91. The van der Waals surface area contributed by atoms with Crippen molar-refractivity contribution in [1.82, 2.24) is 15.6 Å². The van der Waals surface area contributed by atoms with Gasteiger partial charge >= 0.3 is 0 Å². The van der Waals surface area contributed by atoms with Crippen LogP contribution in [0.15, 0.2) is 53.4 Å². The van der Waals surface area contributed by atoms with Crippen LogP contribution in [-0.2, 0) is 19.6 Å². The van der Waals surface area contributed by atoms with Gasteiger partial charge in [0, 0.05) is 12.6 Å². The molecule has 0 aliphatic rings. The van der Waals surface area contributed by atoms with Gasteiger partial charge in [-0.1, -0.05) is 12.1 Å². The van der Waals surface area contributed by atoms with Crippen molar-refractivity contribution in [3.8, 4) is 5.75 Å². The summed E-state index contributed by atoms with van der Waals surface area (Å²) in [6, 6.07) is 9.89. The molecule has 0 aliphatic carbocycles. The second-order valence-electron chi connectivity index (χ2n) is 6.01. The number of carbonyl (C=O) groups excluding carboxylic acids is 3. The Morgan fingerprint density at radius 3 is 2.17 bits per heavy atom. The molecular formula is C18H20N4O6S. The van der Waals surface area contributed by atoms with Gasteiger partial charge in [0.25, 0.3) is 11.8 Å². The summed E-state index contributed by atoms with van der Waals surface area (Å²) in [6.45, 7) is 2.62. The summed E-state index contributed by atoms with van der Waals surface area (Å²) in [5.41, 5.74) is 4.56. The van der Waals surface area contributed by atoms with Crippen LogP contribution in [0.5, 0.6) is 5.75 Å². The van der Waals surface area contributed by atoms with E-state index >= 15 is 0 Å². The highest BCUT2D eigenvalue weighted by Crippen LogP contribution is 2.15. The summed E-state index contributed by atoms with van der Waals surface area (Å²) in [6.07, 6.45) is 0. The molecule has 1 atom stereocenters. The lowest BCUT2D eigenvalue weighted by Crippen LogP contribution is -2.51. The molecule has 0 unspecified atom stereocenters. The molecule has 2 rings (SSSR count). The number of carbonyl (C=O) groups is 3. The molecule has 0 saturated heterocycles. The van der Waals surface area contributed by atoms with Gasteiger partial charge in [0.05, 0.1) is 16.5 Å². The monoisotopic (exact) mass is 420 g/mol. The molecule has 2 aromatic carbocycles. The van der Waals surface area contributed by atoms with E-state index in [0.29, 0.717) is 5.69 Å². The van der Waals surface area contributed by atoms with Gasteiger partial charge in [-0.3, -0.25) is 25.2 Å². The SMILES string of the molecule is CC(=O)Nc1ccc(S(=O)(=O)N[C@@H](C)C(=O)NNC(=O)c2ccccc2O)cc1. The quantitative estimate of drug-likeness (QED) is 0.428. The number of hydrogen-bond donors (Lipinski definition) is 5. The fourth-order valence-corrected chi connectivity index (χ4v) is 3.44. The maximum absolute atomic E-state index is 12.4. The minimum Gasteiger partial charge on any atom is -0.507 e. The van der Waals surface area contributed by atoms with Gasteiger partial charge < -0.3 is 10.4 Å². The zero-order valence-electron chi connectivity index (χ0n) is 15.6. The predicted molar refractivity (Wildman–Crippen MR) is 104 cm³/mol.